The third kappa shape index (κ3) is 3.65. The minimum absolute atomic E-state index is 0.0514. The van der Waals surface area contributed by atoms with Crippen LogP contribution < -0.4 is 0 Å². The van der Waals surface area contributed by atoms with E-state index >= 15 is 0 Å². The van der Waals surface area contributed by atoms with Crippen molar-refractivity contribution in [2.75, 3.05) is 0 Å². The number of hydrogen-bond acceptors (Lipinski definition) is 4. The van der Waals surface area contributed by atoms with Crippen LogP contribution in [-0.2, 0) is 14.9 Å². The minimum Gasteiger partial charge on any atom is -0.508 e. The lowest BCUT2D eigenvalue weighted by atomic mass is 9.82. The molecule has 3 aromatic carbocycles. The van der Waals surface area contributed by atoms with Crippen LogP contribution in [0.5, 0.6) is 11.5 Å². The summed E-state index contributed by atoms with van der Waals surface area (Å²) in [6.07, 6.45) is 0. The van der Waals surface area contributed by atoms with Gasteiger partial charge in [-0.2, -0.15) is 8.42 Å². The zero-order chi connectivity index (χ0) is 21.6. The van der Waals surface area contributed by atoms with Gasteiger partial charge in [0.1, 0.15) is 11.5 Å². The van der Waals surface area contributed by atoms with Crippen molar-refractivity contribution in [1.82, 2.24) is 0 Å². The molecule has 10 heteroatoms. The predicted molar refractivity (Wildman–Crippen MR) is 114 cm³/mol. The highest BCUT2D eigenvalue weighted by atomic mass is 35.5. The van der Waals surface area contributed by atoms with E-state index in [1.807, 2.05) is 0 Å². The number of phenolic OH excluding ortho intramolecular Hbond substituents is 2. The van der Waals surface area contributed by atoms with Gasteiger partial charge in [-0.1, -0.05) is 52.5 Å². The summed E-state index contributed by atoms with van der Waals surface area (Å²) in [6, 6.07) is 11.4. The van der Waals surface area contributed by atoms with Crippen LogP contribution >= 0.6 is 46.4 Å². The van der Waals surface area contributed by atoms with Gasteiger partial charge in [0, 0.05) is 36.8 Å². The second-order valence-corrected chi connectivity index (χ2v) is 9.33. The topological polar surface area (TPSA) is 94.8 Å². The molecule has 0 bridgehead atoms. The summed E-state index contributed by atoms with van der Waals surface area (Å²) in [7, 11) is -5.22. The molecule has 0 aromatic heterocycles. The molecule has 152 valence electrons. The fourth-order valence-corrected chi connectivity index (χ4v) is 5.73. The van der Waals surface area contributed by atoms with Gasteiger partial charge in [0.2, 0.25) is 0 Å². The minimum atomic E-state index is -5.22. The molecule has 5 nitrogen and oxygen atoms in total. The number of hydrogen-bond donors (Lipinski definition) is 3. The van der Waals surface area contributed by atoms with E-state index in [9.17, 15) is 23.2 Å². The van der Waals surface area contributed by atoms with Crippen LogP contribution in [0, 0.1) is 0 Å². The largest absolute Gasteiger partial charge is 0.508 e. The highest BCUT2D eigenvalue weighted by Crippen LogP contribution is 2.54. The number of phenols is 2. The summed E-state index contributed by atoms with van der Waals surface area (Å²) in [5.41, 5.74) is -1.04. The van der Waals surface area contributed by atoms with Crippen molar-refractivity contribution in [3.63, 3.8) is 0 Å². The molecule has 3 aromatic rings. The van der Waals surface area contributed by atoms with Gasteiger partial charge < -0.3 is 10.2 Å². The number of aromatic hydroxyl groups is 2. The lowest BCUT2D eigenvalue weighted by molar-refractivity contribution is 0.428. The fraction of sp³-hybridized carbons (Fsp3) is 0.0526. The Bertz CT molecular complexity index is 1140. The molecule has 0 unspecified atom stereocenters. The van der Waals surface area contributed by atoms with E-state index in [2.05, 4.69) is 0 Å². The molecule has 0 amide bonds. The first kappa shape index (κ1) is 22.0. The maximum atomic E-state index is 13.0. The fourth-order valence-electron chi connectivity index (χ4n) is 3.24. The molecular formula is C19H12Cl4O5S. The van der Waals surface area contributed by atoms with Gasteiger partial charge in [0.25, 0.3) is 10.1 Å². The maximum absolute atomic E-state index is 13.0. The maximum Gasteiger partial charge on any atom is 0.283 e. The summed E-state index contributed by atoms with van der Waals surface area (Å²) in [4.78, 5) is 0. The Morgan fingerprint density at radius 3 is 1.52 bits per heavy atom. The predicted octanol–water partition coefficient (Wildman–Crippen LogP) is 5.89. The van der Waals surface area contributed by atoms with E-state index < -0.39 is 26.4 Å². The van der Waals surface area contributed by atoms with Gasteiger partial charge in [-0.25, -0.2) is 0 Å². The Labute approximate surface area is 186 Å². The number of benzene rings is 3. The zero-order valence-corrected chi connectivity index (χ0v) is 18.1. The SMILES string of the molecule is O=S(=O)(O)C(c1cc(Cl)ccc1O)(c1cc(Cl)ccc1O)c1c(Cl)cccc1Cl. The van der Waals surface area contributed by atoms with Crippen molar-refractivity contribution in [2.24, 2.45) is 0 Å². The van der Waals surface area contributed by atoms with Crippen LogP contribution in [0.3, 0.4) is 0 Å². The van der Waals surface area contributed by atoms with E-state index in [1.54, 1.807) is 0 Å². The van der Waals surface area contributed by atoms with Crippen molar-refractivity contribution in [1.29, 1.82) is 0 Å². The van der Waals surface area contributed by atoms with Gasteiger partial charge in [-0.3, -0.25) is 4.55 Å². The van der Waals surface area contributed by atoms with E-state index in [0.717, 1.165) is 24.3 Å². The van der Waals surface area contributed by atoms with Crippen LogP contribution in [0.1, 0.15) is 16.7 Å². The second kappa shape index (κ2) is 7.87. The third-order valence-corrected chi connectivity index (χ3v) is 6.90. The lowest BCUT2D eigenvalue weighted by Crippen LogP contribution is -2.39. The average molecular weight is 494 g/mol. The quantitative estimate of drug-likeness (QED) is 0.311. The smallest absolute Gasteiger partial charge is 0.283 e. The number of rotatable bonds is 4. The standard InChI is InChI=1S/C19H12Cl4O5S/c20-10-4-6-16(24)12(8-10)19(29(26,27)28,13-9-11(21)5-7-17(13)25)18-14(22)2-1-3-15(18)23/h1-9,24-25H,(H,26,27,28). The van der Waals surface area contributed by atoms with Crippen LogP contribution in [0.4, 0.5) is 0 Å². The van der Waals surface area contributed by atoms with Crippen molar-refractivity contribution in [3.05, 3.63) is 91.4 Å². The monoisotopic (exact) mass is 492 g/mol. The molecule has 0 spiro atoms. The molecule has 29 heavy (non-hydrogen) atoms. The van der Waals surface area contributed by atoms with Crippen LogP contribution in [-0.4, -0.2) is 23.2 Å². The Morgan fingerprint density at radius 1 is 0.724 bits per heavy atom. The summed E-state index contributed by atoms with van der Waals surface area (Å²) in [5.74, 6) is -1.08. The normalized spacial score (nSPS) is 12.2. The Morgan fingerprint density at radius 2 is 1.14 bits per heavy atom. The van der Waals surface area contributed by atoms with Crippen LogP contribution in [0.2, 0.25) is 20.1 Å². The van der Waals surface area contributed by atoms with Gasteiger partial charge in [0.05, 0.1) is 0 Å². The third-order valence-electron chi connectivity index (χ3n) is 4.38. The van der Waals surface area contributed by atoms with Crippen LogP contribution in [0.25, 0.3) is 0 Å². The summed E-state index contributed by atoms with van der Waals surface area (Å²) >= 11 is 24.7. The van der Waals surface area contributed by atoms with Gasteiger partial charge in [-0.15, -0.1) is 0 Å². The van der Waals surface area contributed by atoms with Crippen LogP contribution in [0.15, 0.2) is 54.6 Å². The van der Waals surface area contributed by atoms with E-state index in [0.29, 0.717) is 0 Å². The summed E-state index contributed by atoms with van der Waals surface area (Å²) < 4.78 is 33.9. The molecule has 0 saturated heterocycles. The Kier molecular flexibility index (Phi) is 5.98. The molecule has 0 aliphatic carbocycles. The Balaban J connectivity index is 2.70. The first-order valence-electron chi connectivity index (χ1n) is 7.89. The van der Waals surface area contributed by atoms with E-state index in [-0.39, 0.29) is 36.8 Å². The highest BCUT2D eigenvalue weighted by Gasteiger charge is 2.54. The highest BCUT2D eigenvalue weighted by molar-refractivity contribution is 7.87. The lowest BCUT2D eigenvalue weighted by Gasteiger charge is -2.34. The molecule has 0 fully saturated rings. The number of halogens is 4. The summed E-state index contributed by atoms with van der Waals surface area (Å²) in [5, 5.41) is 20.9. The molecule has 0 atom stereocenters. The molecule has 3 rings (SSSR count). The van der Waals surface area contributed by atoms with Crippen molar-refractivity contribution < 1.29 is 23.2 Å². The molecular weight excluding hydrogens is 482 g/mol. The van der Waals surface area contributed by atoms with Crippen molar-refractivity contribution >= 4 is 56.5 Å². The van der Waals surface area contributed by atoms with Crippen molar-refractivity contribution in [3.8, 4) is 11.5 Å². The molecule has 0 saturated carbocycles. The van der Waals surface area contributed by atoms with E-state index in [4.69, 9.17) is 46.4 Å². The zero-order valence-electron chi connectivity index (χ0n) is 14.3. The van der Waals surface area contributed by atoms with E-state index in [1.165, 1.54) is 30.3 Å². The Hall–Kier alpha value is -1.67. The molecule has 3 N–H and O–H groups in total. The molecule has 0 radical (unpaired) electrons. The first-order chi connectivity index (χ1) is 13.5. The molecule has 0 aliphatic rings. The molecule has 0 heterocycles. The first-order valence-corrected chi connectivity index (χ1v) is 10.8. The molecule has 0 aliphatic heterocycles. The van der Waals surface area contributed by atoms with Gasteiger partial charge in [0.15, 0.2) is 4.75 Å². The van der Waals surface area contributed by atoms with Crippen molar-refractivity contribution in [2.45, 2.75) is 4.75 Å². The summed E-state index contributed by atoms with van der Waals surface area (Å²) in [6.45, 7) is 0. The van der Waals surface area contributed by atoms with Gasteiger partial charge in [-0.05, 0) is 48.5 Å². The average Bonchev–Trinajstić information content (AvgIpc) is 2.62. The van der Waals surface area contributed by atoms with Gasteiger partial charge >= 0.3 is 0 Å². The second-order valence-electron chi connectivity index (χ2n) is 6.08.